The Kier molecular flexibility index (Phi) is 4.14. The van der Waals surface area contributed by atoms with Gasteiger partial charge in [0.2, 0.25) is 5.91 Å². The van der Waals surface area contributed by atoms with E-state index in [1.54, 1.807) is 0 Å². The molecule has 3 nitrogen and oxygen atoms in total. The zero-order valence-corrected chi connectivity index (χ0v) is 10.1. The summed E-state index contributed by atoms with van der Waals surface area (Å²) in [5.74, 6) is 0.198. The van der Waals surface area contributed by atoms with Gasteiger partial charge in [0, 0.05) is 18.0 Å². The molecule has 0 aliphatic heterocycles. The van der Waals surface area contributed by atoms with Crippen molar-refractivity contribution in [1.82, 2.24) is 4.90 Å². The lowest BCUT2D eigenvalue weighted by atomic mass is 9.85. The Morgan fingerprint density at radius 2 is 2.07 bits per heavy atom. The van der Waals surface area contributed by atoms with Gasteiger partial charge in [-0.2, -0.15) is 0 Å². The van der Waals surface area contributed by atoms with E-state index >= 15 is 0 Å². The van der Waals surface area contributed by atoms with Crippen LogP contribution >= 0.6 is 0 Å². The Labute approximate surface area is 92.5 Å². The van der Waals surface area contributed by atoms with Gasteiger partial charge in [0.1, 0.15) is 0 Å². The van der Waals surface area contributed by atoms with E-state index < -0.39 is 0 Å². The third-order valence-electron chi connectivity index (χ3n) is 3.58. The average Bonchev–Trinajstić information content (AvgIpc) is 2.13. The SMILES string of the molecule is CCC(C)(C)C(=O)N(CCO)C1CCC1. The Bertz CT molecular complexity index is 222. The number of aliphatic hydroxyl groups excluding tert-OH is 1. The Balaban J connectivity index is 2.66. The topological polar surface area (TPSA) is 40.5 Å². The van der Waals surface area contributed by atoms with E-state index in [4.69, 9.17) is 5.11 Å². The van der Waals surface area contributed by atoms with Crippen molar-refractivity contribution in [1.29, 1.82) is 0 Å². The third-order valence-corrected chi connectivity index (χ3v) is 3.58. The summed E-state index contributed by atoms with van der Waals surface area (Å²) in [6.45, 7) is 6.57. The van der Waals surface area contributed by atoms with Gasteiger partial charge in [0.05, 0.1) is 6.61 Å². The maximum absolute atomic E-state index is 12.2. The molecule has 1 amide bonds. The van der Waals surface area contributed by atoms with E-state index in [1.807, 2.05) is 25.7 Å². The zero-order valence-electron chi connectivity index (χ0n) is 10.1. The second-order valence-corrected chi connectivity index (χ2v) is 5.04. The van der Waals surface area contributed by atoms with Gasteiger partial charge < -0.3 is 10.0 Å². The maximum Gasteiger partial charge on any atom is 0.228 e. The molecule has 0 radical (unpaired) electrons. The molecular weight excluding hydrogens is 190 g/mol. The van der Waals surface area contributed by atoms with E-state index in [-0.39, 0.29) is 17.9 Å². The highest BCUT2D eigenvalue weighted by atomic mass is 16.3. The Morgan fingerprint density at radius 3 is 2.40 bits per heavy atom. The van der Waals surface area contributed by atoms with Crippen LogP contribution in [0.15, 0.2) is 0 Å². The van der Waals surface area contributed by atoms with Crippen LogP contribution in [-0.2, 0) is 4.79 Å². The van der Waals surface area contributed by atoms with Crippen LogP contribution in [-0.4, -0.2) is 35.1 Å². The smallest absolute Gasteiger partial charge is 0.228 e. The molecule has 1 aliphatic rings. The van der Waals surface area contributed by atoms with Crippen molar-refractivity contribution in [2.75, 3.05) is 13.2 Å². The largest absolute Gasteiger partial charge is 0.395 e. The first-order valence-corrected chi connectivity index (χ1v) is 5.95. The average molecular weight is 213 g/mol. The number of nitrogens with zero attached hydrogens (tertiary/aromatic N) is 1. The highest BCUT2D eigenvalue weighted by molar-refractivity contribution is 5.82. The van der Waals surface area contributed by atoms with E-state index in [1.165, 1.54) is 6.42 Å². The molecule has 0 spiro atoms. The van der Waals surface area contributed by atoms with Crippen LogP contribution in [0.5, 0.6) is 0 Å². The molecule has 3 heteroatoms. The summed E-state index contributed by atoms with van der Waals surface area (Å²) in [7, 11) is 0. The van der Waals surface area contributed by atoms with Gasteiger partial charge in [0.25, 0.3) is 0 Å². The van der Waals surface area contributed by atoms with Gasteiger partial charge in [0.15, 0.2) is 0 Å². The van der Waals surface area contributed by atoms with Crippen LogP contribution in [0.3, 0.4) is 0 Å². The van der Waals surface area contributed by atoms with Crippen molar-refractivity contribution in [2.24, 2.45) is 5.41 Å². The van der Waals surface area contributed by atoms with Gasteiger partial charge in [-0.25, -0.2) is 0 Å². The second-order valence-electron chi connectivity index (χ2n) is 5.04. The molecule has 15 heavy (non-hydrogen) atoms. The molecule has 0 unspecified atom stereocenters. The van der Waals surface area contributed by atoms with Crippen molar-refractivity contribution in [3.8, 4) is 0 Å². The molecule has 0 saturated heterocycles. The van der Waals surface area contributed by atoms with E-state index in [0.717, 1.165) is 19.3 Å². The number of carbonyl (C=O) groups excluding carboxylic acids is 1. The molecular formula is C12H23NO2. The van der Waals surface area contributed by atoms with Gasteiger partial charge in [-0.1, -0.05) is 20.8 Å². The van der Waals surface area contributed by atoms with Gasteiger partial charge >= 0.3 is 0 Å². The molecule has 0 aromatic rings. The monoisotopic (exact) mass is 213 g/mol. The first-order valence-electron chi connectivity index (χ1n) is 5.95. The molecule has 0 bridgehead atoms. The Hall–Kier alpha value is -0.570. The van der Waals surface area contributed by atoms with Crippen molar-refractivity contribution in [3.63, 3.8) is 0 Å². The fraction of sp³-hybridized carbons (Fsp3) is 0.917. The lowest BCUT2D eigenvalue weighted by Gasteiger charge is -2.41. The number of aliphatic hydroxyl groups is 1. The summed E-state index contributed by atoms with van der Waals surface area (Å²) in [5, 5.41) is 9.00. The summed E-state index contributed by atoms with van der Waals surface area (Å²) in [4.78, 5) is 14.1. The van der Waals surface area contributed by atoms with Gasteiger partial charge in [-0.15, -0.1) is 0 Å². The number of rotatable bonds is 5. The molecule has 0 aromatic heterocycles. The molecule has 0 heterocycles. The normalized spacial score (nSPS) is 17.3. The zero-order chi connectivity index (χ0) is 11.5. The van der Waals surface area contributed by atoms with Crippen LogP contribution in [0.4, 0.5) is 0 Å². The highest BCUT2D eigenvalue weighted by Gasteiger charge is 2.35. The minimum Gasteiger partial charge on any atom is -0.395 e. The van der Waals surface area contributed by atoms with Crippen molar-refractivity contribution in [2.45, 2.75) is 52.5 Å². The van der Waals surface area contributed by atoms with Gasteiger partial charge in [-0.3, -0.25) is 4.79 Å². The van der Waals surface area contributed by atoms with E-state index in [9.17, 15) is 4.79 Å². The van der Waals surface area contributed by atoms with Crippen LogP contribution in [0, 0.1) is 5.41 Å². The quantitative estimate of drug-likeness (QED) is 0.756. The van der Waals surface area contributed by atoms with Crippen LogP contribution in [0.1, 0.15) is 46.5 Å². The summed E-state index contributed by atoms with van der Waals surface area (Å²) < 4.78 is 0. The maximum atomic E-state index is 12.2. The summed E-state index contributed by atoms with van der Waals surface area (Å²) in [5.41, 5.74) is -0.287. The van der Waals surface area contributed by atoms with E-state index in [0.29, 0.717) is 12.6 Å². The Morgan fingerprint density at radius 1 is 1.47 bits per heavy atom. The van der Waals surface area contributed by atoms with Crippen LogP contribution < -0.4 is 0 Å². The van der Waals surface area contributed by atoms with Crippen LogP contribution in [0.2, 0.25) is 0 Å². The number of hydrogen-bond acceptors (Lipinski definition) is 2. The lowest BCUT2D eigenvalue weighted by Crippen LogP contribution is -2.50. The number of hydrogen-bond donors (Lipinski definition) is 1. The van der Waals surface area contributed by atoms with Crippen molar-refractivity contribution in [3.05, 3.63) is 0 Å². The fourth-order valence-electron chi connectivity index (χ4n) is 1.80. The predicted molar refractivity (Wildman–Crippen MR) is 60.5 cm³/mol. The van der Waals surface area contributed by atoms with Gasteiger partial charge in [-0.05, 0) is 25.7 Å². The van der Waals surface area contributed by atoms with Crippen molar-refractivity contribution < 1.29 is 9.90 Å². The molecule has 1 saturated carbocycles. The third kappa shape index (κ3) is 2.71. The first kappa shape index (κ1) is 12.5. The fourth-order valence-corrected chi connectivity index (χ4v) is 1.80. The summed E-state index contributed by atoms with van der Waals surface area (Å²) in [6.07, 6.45) is 4.27. The summed E-state index contributed by atoms with van der Waals surface area (Å²) in [6, 6.07) is 0.385. The molecule has 0 atom stereocenters. The molecule has 1 rings (SSSR count). The van der Waals surface area contributed by atoms with Crippen LogP contribution in [0.25, 0.3) is 0 Å². The molecule has 1 fully saturated rings. The minimum atomic E-state index is -0.287. The number of carbonyl (C=O) groups is 1. The lowest BCUT2D eigenvalue weighted by molar-refractivity contribution is -0.145. The minimum absolute atomic E-state index is 0.0715. The molecule has 1 N–H and O–H groups in total. The summed E-state index contributed by atoms with van der Waals surface area (Å²) >= 11 is 0. The predicted octanol–water partition coefficient (Wildman–Crippen LogP) is 1.80. The second kappa shape index (κ2) is 4.97. The first-order chi connectivity index (χ1) is 7.03. The van der Waals surface area contributed by atoms with E-state index in [2.05, 4.69) is 0 Å². The molecule has 1 aliphatic carbocycles. The molecule has 88 valence electrons. The highest BCUT2D eigenvalue weighted by Crippen LogP contribution is 2.30. The standard InChI is InChI=1S/C12H23NO2/c1-4-12(2,3)11(15)13(8-9-14)10-6-5-7-10/h10,14H,4-9H2,1-3H3. The van der Waals surface area contributed by atoms with Crippen molar-refractivity contribution >= 4 is 5.91 Å². The molecule has 0 aromatic carbocycles. The number of amides is 1.